The molecule has 1 rings (SSSR count). The molecule has 17 heavy (non-hydrogen) atoms. The van der Waals surface area contributed by atoms with Crippen LogP contribution in [0.1, 0.15) is 51.9 Å². The fraction of sp³-hybridized carbons (Fsp3) is 1.00. The van der Waals surface area contributed by atoms with E-state index in [9.17, 15) is 0 Å². The minimum atomic E-state index is 0.337. The van der Waals surface area contributed by atoms with Crippen LogP contribution in [0.4, 0.5) is 0 Å². The van der Waals surface area contributed by atoms with Crippen molar-refractivity contribution in [1.82, 2.24) is 5.32 Å². The quantitative estimate of drug-likeness (QED) is 0.624. The molecule has 1 saturated carbocycles. The second kappa shape index (κ2) is 10.2. The van der Waals surface area contributed by atoms with E-state index in [4.69, 9.17) is 5.11 Å². The molecule has 0 aromatic heterocycles. The minimum absolute atomic E-state index is 0.337. The SMILES string of the molecule is CCCNC(CSCCCO)C1CCCCC1. The molecule has 0 spiro atoms. The molecule has 0 aromatic rings. The molecule has 0 bridgehead atoms. The zero-order valence-electron chi connectivity index (χ0n) is 11.3. The summed E-state index contributed by atoms with van der Waals surface area (Å²) in [5.41, 5.74) is 0. The first-order valence-electron chi connectivity index (χ1n) is 7.30. The number of hydrogen-bond acceptors (Lipinski definition) is 3. The van der Waals surface area contributed by atoms with Crippen molar-refractivity contribution in [2.75, 3.05) is 24.7 Å². The third-order valence-corrected chi connectivity index (χ3v) is 4.79. The van der Waals surface area contributed by atoms with Crippen LogP contribution in [0.3, 0.4) is 0 Å². The van der Waals surface area contributed by atoms with Crippen molar-refractivity contribution < 1.29 is 5.11 Å². The van der Waals surface area contributed by atoms with Gasteiger partial charge in [0.25, 0.3) is 0 Å². The number of thioether (sulfide) groups is 1. The lowest BCUT2D eigenvalue weighted by molar-refractivity contribution is 0.285. The Hall–Kier alpha value is 0.270. The van der Waals surface area contributed by atoms with Gasteiger partial charge in [-0.25, -0.2) is 0 Å². The van der Waals surface area contributed by atoms with Gasteiger partial charge in [-0.1, -0.05) is 26.2 Å². The monoisotopic (exact) mass is 259 g/mol. The summed E-state index contributed by atoms with van der Waals surface area (Å²) in [4.78, 5) is 0. The van der Waals surface area contributed by atoms with Crippen LogP contribution >= 0.6 is 11.8 Å². The average Bonchev–Trinajstić information content (AvgIpc) is 2.39. The van der Waals surface area contributed by atoms with Gasteiger partial charge in [0, 0.05) is 18.4 Å². The molecular formula is C14H29NOS. The highest BCUT2D eigenvalue weighted by atomic mass is 32.2. The van der Waals surface area contributed by atoms with Crippen LogP contribution in [0.2, 0.25) is 0 Å². The van der Waals surface area contributed by atoms with E-state index >= 15 is 0 Å². The maximum atomic E-state index is 8.79. The maximum Gasteiger partial charge on any atom is 0.0438 e. The van der Waals surface area contributed by atoms with E-state index in [2.05, 4.69) is 12.2 Å². The van der Waals surface area contributed by atoms with Crippen molar-refractivity contribution in [2.45, 2.75) is 57.9 Å². The van der Waals surface area contributed by atoms with Crippen molar-refractivity contribution in [3.05, 3.63) is 0 Å². The first kappa shape index (κ1) is 15.3. The lowest BCUT2D eigenvalue weighted by Crippen LogP contribution is -2.39. The van der Waals surface area contributed by atoms with Gasteiger partial charge in [0.15, 0.2) is 0 Å². The summed E-state index contributed by atoms with van der Waals surface area (Å²) in [6.45, 7) is 3.73. The van der Waals surface area contributed by atoms with E-state index in [1.165, 1.54) is 44.3 Å². The van der Waals surface area contributed by atoms with Gasteiger partial charge in [-0.05, 0) is 43.9 Å². The van der Waals surface area contributed by atoms with Gasteiger partial charge in [-0.2, -0.15) is 11.8 Å². The van der Waals surface area contributed by atoms with Gasteiger partial charge in [0.2, 0.25) is 0 Å². The third-order valence-electron chi connectivity index (χ3n) is 3.62. The first-order chi connectivity index (χ1) is 8.38. The predicted molar refractivity (Wildman–Crippen MR) is 77.7 cm³/mol. The minimum Gasteiger partial charge on any atom is -0.396 e. The standard InChI is InChI=1S/C14H29NOS/c1-2-9-15-14(12-17-11-6-10-16)13-7-4-3-5-8-13/h13-16H,2-12H2,1H3. The van der Waals surface area contributed by atoms with Crippen LogP contribution in [0.25, 0.3) is 0 Å². The molecule has 2 N–H and O–H groups in total. The van der Waals surface area contributed by atoms with E-state index in [1.807, 2.05) is 11.8 Å². The molecule has 0 saturated heterocycles. The van der Waals surface area contributed by atoms with Gasteiger partial charge >= 0.3 is 0 Å². The van der Waals surface area contributed by atoms with Crippen LogP contribution in [-0.2, 0) is 0 Å². The zero-order chi connectivity index (χ0) is 12.3. The highest BCUT2D eigenvalue weighted by molar-refractivity contribution is 7.99. The van der Waals surface area contributed by atoms with Crippen molar-refractivity contribution in [3.63, 3.8) is 0 Å². The van der Waals surface area contributed by atoms with Crippen molar-refractivity contribution in [1.29, 1.82) is 0 Å². The largest absolute Gasteiger partial charge is 0.396 e. The van der Waals surface area contributed by atoms with E-state index in [0.29, 0.717) is 12.6 Å². The van der Waals surface area contributed by atoms with Crippen LogP contribution in [0, 0.1) is 5.92 Å². The number of rotatable bonds is 9. The summed E-state index contributed by atoms with van der Waals surface area (Å²) < 4.78 is 0. The predicted octanol–water partition coefficient (Wildman–Crippen LogP) is 3.05. The number of nitrogens with one attached hydrogen (secondary N) is 1. The molecule has 0 amide bonds. The average molecular weight is 259 g/mol. The van der Waals surface area contributed by atoms with Crippen LogP contribution in [-0.4, -0.2) is 35.8 Å². The molecular weight excluding hydrogens is 230 g/mol. The molecule has 102 valence electrons. The fourth-order valence-corrected chi connectivity index (χ4v) is 3.75. The van der Waals surface area contributed by atoms with Gasteiger partial charge in [0.1, 0.15) is 0 Å². The summed E-state index contributed by atoms with van der Waals surface area (Å²) in [7, 11) is 0. The second-order valence-electron chi connectivity index (χ2n) is 5.11. The Labute approximate surface area is 111 Å². The number of aliphatic hydroxyl groups is 1. The van der Waals surface area contributed by atoms with Crippen LogP contribution in [0.15, 0.2) is 0 Å². The van der Waals surface area contributed by atoms with E-state index < -0.39 is 0 Å². The van der Waals surface area contributed by atoms with Gasteiger partial charge in [-0.3, -0.25) is 0 Å². The molecule has 1 aliphatic carbocycles. The first-order valence-corrected chi connectivity index (χ1v) is 8.46. The number of hydrogen-bond donors (Lipinski definition) is 2. The van der Waals surface area contributed by atoms with Crippen molar-refractivity contribution in [3.8, 4) is 0 Å². The Kier molecular flexibility index (Phi) is 9.21. The highest BCUT2D eigenvalue weighted by Crippen LogP contribution is 2.28. The zero-order valence-corrected chi connectivity index (χ0v) is 12.1. The van der Waals surface area contributed by atoms with E-state index in [0.717, 1.165) is 24.6 Å². The molecule has 1 atom stereocenters. The Morgan fingerprint density at radius 3 is 2.71 bits per heavy atom. The summed E-state index contributed by atoms with van der Waals surface area (Å²) >= 11 is 2.01. The smallest absolute Gasteiger partial charge is 0.0438 e. The van der Waals surface area contributed by atoms with Crippen molar-refractivity contribution >= 4 is 11.8 Å². The number of aliphatic hydroxyl groups excluding tert-OH is 1. The maximum absolute atomic E-state index is 8.79. The Bertz CT molecular complexity index is 172. The topological polar surface area (TPSA) is 32.3 Å². The molecule has 0 heterocycles. The fourth-order valence-electron chi connectivity index (χ4n) is 2.60. The summed E-state index contributed by atoms with van der Waals surface area (Å²) in [6, 6.07) is 0.707. The van der Waals surface area contributed by atoms with Crippen LogP contribution in [0.5, 0.6) is 0 Å². The molecule has 0 radical (unpaired) electrons. The summed E-state index contributed by atoms with van der Waals surface area (Å²) in [6.07, 6.45) is 9.30. The summed E-state index contributed by atoms with van der Waals surface area (Å²) in [5, 5.41) is 12.5. The highest BCUT2D eigenvalue weighted by Gasteiger charge is 2.22. The molecule has 0 aliphatic heterocycles. The summed E-state index contributed by atoms with van der Waals surface area (Å²) in [5.74, 6) is 3.23. The molecule has 3 heteroatoms. The normalized spacial score (nSPS) is 19.4. The lowest BCUT2D eigenvalue weighted by atomic mass is 9.84. The third kappa shape index (κ3) is 6.68. The van der Waals surface area contributed by atoms with Crippen molar-refractivity contribution in [2.24, 2.45) is 5.92 Å². The molecule has 1 aliphatic rings. The van der Waals surface area contributed by atoms with E-state index in [1.54, 1.807) is 0 Å². The molecule has 0 aromatic carbocycles. The van der Waals surface area contributed by atoms with E-state index in [-0.39, 0.29) is 0 Å². The lowest BCUT2D eigenvalue weighted by Gasteiger charge is -2.31. The molecule has 1 unspecified atom stereocenters. The second-order valence-corrected chi connectivity index (χ2v) is 6.26. The molecule has 1 fully saturated rings. The van der Waals surface area contributed by atoms with Gasteiger partial charge < -0.3 is 10.4 Å². The Balaban J connectivity index is 2.25. The molecule has 2 nitrogen and oxygen atoms in total. The van der Waals surface area contributed by atoms with Gasteiger partial charge in [0.05, 0.1) is 0 Å². The Morgan fingerprint density at radius 1 is 1.29 bits per heavy atom. The Morgan fingerprint density at radius 2 is 2.06 bits per heavy atom. The van der Waals surface area contributed by atoms with Gasteiger partial charge in [-0.15, -0.1) is 0 Å². The van der Waals surface area contributed by atoms with Crippen LogP contribution < -0.4 is 5.32 Å².